The van der Waals surface area contributed by atoms with Crippen molar-refractivity contribution in [2.24, 2.45) is 0 Å². The van der Waals surface area contributed by atoms with Crippen molar-refractivity contribution in [3.63, 3.8) is 0 Å². The first-order valence-corrected chi connectivity index (χ1v) is 6.69. The standard InChI is InChI=1S/C13H11N3O2S/c1-2-16-12(17)11(19-13(16)18)5-8-6-15-10-7-14-4-3-9(8)10/h3-7,15H,2H2,1H3/b11-5-. The molecular weight excluding hydrogens is 262 g/mol. The normalized spacial score (nSPS) is 17.9. The van der Waals surface area contributed by atoms with Crippen molar-refractivity contribution in [2.45, 2.75) is 6.92 Å². The van der Waals surface area contributed by atoms with Gasteiger partial charge < -0.3 is 4.98 Å². The molecule has 0 bridgehead atoms. The Balaban J connectivity index is 2.03. The van der Waals surface area contributed by atoms with E-state index in [4.69, 9.17) is 0 Å². The van der Waals surface area contributed by atoms with Crippen LogP contribution in [0.1, 0.15) is 12.5 Å². The van der Waals surface area contributed by atoms with E-state index < -0.39 is 0 Å². The largest absolute Gasteiger partial charge is 0.359 e. The van der Waals surface area contributed by atoms with E-state index in [-0.39, 0.29) is 11.1 Å². The Labute approximate surface area is 113 Å². The third-order valence-electron chi connectivity index (χ3n) is 2.99. The maximum absolute atomic E-state index is 12.0. The molecule has 2 amide bonds. The van der Waals surface area contributed by atoms with Crippen molar-refractivity contribution in [2.75, 3.05) is 6.54 Å². The number of nitrogens with zero attached hydrogens (tertiary/aromatic N) is 2. The lowest BCUT2D eigenvalue weighted by Gasteiger charge is -2.06. The number of aromatic nitrogens is 2. The number of imide groups is 1. The van der Waals surface area contributed by atoms with Gasteiger partial charge in [-0.15, -0.1) is 0 Å². The number of H-pyrrole nitrogens is 1. The van der Waals surface area contributed by atoms with Gasteiger partial charge in [-0.1, -0.05) is 0 Å². The second kappa shape index (κ2) is 4.55. The van der Waals surface area contributed by atoms with Crippen molar-refractivity contribution in [1.82, 2.24) is 14.9 Å². The maximum Gasteiger partial charge on any atom is 0.293 e. The van der Waals surface area contributed by atoms with E-state index in [1.807, 2.05) is 12.3 Å². The molecule has 96 valence electrons. The van der Waals surface area contributed by atoms with Crippen LogP contribution in [-0.2, 0) is 4.79 Å². The highest BCUT2D eigenvalue weighted by atomic mass is 32.2. The minimum absolute atomic E-state index is 0.208. The Hall–Kier alpha value is -2.08. The van der Waals surface area contributed by atoms with E-state index >= 15 is 0 Å². The van der Waals surface area contributed by atoms with Gasteiger partial charge in [-0.2, -0.15) is 0 Å². The molecule has 0 radical (unpaired) electrons. The van der Waals surface area contributed by atoms with E-state index in [2.05, 4.69) is 9.97 Å². The molecule has 3 rings (SSSR count). The zero-order valence-electron chi connectivity index (χ0n) is 10.2. The summed E-state index contributed by atoms with van der Waals surface area (Å²) in [7, 11) is 0. The van der Waals surface area contributed by atoms with Gasteiger partial charge in [0.05, 0.1) is 16.6 Å². The molecular formula is C13H11N3O2S. The smallest absolute Gasteiger partial charge is 0.293 e. The van der Waals surface area contributed by atoms with Crippen molar-refractivity contribution >= 4 is 39.9 Å². The highest BCUT2D eigenvalue weighted by molar-refractivity contribution is 8.18. The van der Waals surface area contributed by atoms with E-state index in [0.29, 0.717) is 11.4 Å². The molecule has 5 nitrogen and oxygen atoms in total. The van der Waals surface area contributed by atoms with Crippen LogP contribution >= 0.6 is 11.8 Å². The molecule has 0 saturated carbocycles. The number of aromatic amines is 1. The number of amides is 2. The number of hydrogen-bond acceptors (Lipinski definition) is 4. The fraction of sp³-hybridized carbons (Fsp3) is 0.154. The van der Waals surface area contributed by atoms with Crippen molar-refractivity contribution < 1.29 is 9.59 Å². The van der Waals surface area contributed by atoms with Gasteiger partial charge >= 0.3 is 0 Å². The summed E-state index contributed by atoms with van der Waals surface area (Å²) < 4.78 is 0. The van der Waals surface area contributed by atoms with Crippen molar-refractivity contribution in [1.29, 1.82) is 0 Å². The first-order chi connectivity index (χ1) is 9.20. The SMILES string of the molecule is CCN1C(=O)S/C(=C\c2c[nH]c3cnccc23)C1=O. The second-order valence-electron chi connectivity index (χ2n) is 4.09. The number of carbonyl (C=O) groups excluding carboxylic acids is 2. The molecule has 0 aromatic carbocycles. The molecule has 2 aromatic heterocycles. The minimum atomic E-state index is -0.221. The number of thioether (sulfide) groups is 1. The van der Waals surface area contributed by atoms with Crippen LogP contribution < -0.4 is 0 Å². The third-order valence-corrected chi connectivity index (χ3v) is 3.90. The van der Waals surface area contributed by atoms with Crippen LogP contribution in [0.25, 0.3) is 17.0 Å². The van der Waals surface area contributed by atoms with Gasteiger partial charge in [-0.25, -0.2) is 0 Å². The maximum atomic E-state index is 12.0. The molecule has 0 aliphatic carbocycles. The van der Waals surface area contributed by atoms with Crippen LogP contribution in [0.4, 0.5) is 4.79 Å². The fourth-order valence-electron chi connectivity index (χ4n) is 2.03. The highest BCUT2D eigenvalue weighted by Gasteiger charge is 2.33. The van der Waals surface area contributed by atoms with Crippen LogP contribution in [-0.4, -0.2) is 32.6 Å². The molecule has 0 atom stereocenters. The van der Waals surface area contributed by atoms with Gasteiger partial charge in [0, 0.05) is 29.9 Å². The van der Waals surface area contributed by atoms with E-state index in [0.717, 1.165) is 28.2 Å². The van der Waals surface area contributed by atoms with Crippen molar-refractivity contribution in [3.05, 3.63) is 35.1 Å². The molecule has 1 saturated heterocycles. The summed E-state index contributed by atoms with van der Waals surface area (Å²) in [6.07, 6.45) is 6.99. The Morgan fingerprint density at radius 2 is 2.32 bits per heavy atom. The minimum Gasteiger partial charge on any atom is -0.359 e. The summed E-state index contributed by atoms with van der Waals surface area (Å²) in [5, 5.41) is 0.776. The first-order valence-electron chi connectivity index (χ1n) is 5.87. The van der Waals surface area contributed by atoms with E-state index in [9.17, 15) is 9.59 Å². The average molecular weight is 273 g/mol. The summed E-state index contributed by atoms with van der Waals surface area (Å²) in [5.41, 5.74) is 1.79. The Bertz CT molecular complexity index is 705. The topological polar surface area (TPSA) is 66.1 Å². The molecule has 1 aliphatic heterocycles. The average Bonchev–Trinajstić information content (AvgIpc) is 2.93. The molecule has 19 heavy (non-hydrogen) atoms. The molecule has 0 spiro atoms. The van der Waals surface area contributed by atoms with Crippen LogP contribution in [0, 0.1) is 0 Å². The molecule has 3 heterocycles. The lowest BCUT2D eigenvalue weighted by molar-refractivity contribution is -0.122. The van der Waals surface area contributed by atoms with Gasteiger partial charge in [0.1, 0.15) is 0 Å². The van der Waals surface area contributed by atoms with E-state index in [1.165, 1.54) is 4.90 Å². The summed E-state index contributed by atoms with van der Waals surface area (Å²) in [6, 6.07) is 1.88. The van der Waals surface area contributed by atoms with Gasteiger partial charge in [-0.3, -0.25) is 19.5 Å². The molecule has 0 unspecified atom stereocenters. The number of rotatable bonds is 2. The summed E-state index contributed by atoms with van der Waals surface area (Å²) in [4.78, 5) is 32.4. The van der Waals surface area contributed by atoms with Gasteiger partial charge in [0.2, 0.25) is 0 Å². The second-order valence-corrected chi connectivity index (χ2v) is 5.08. The lowest BCUT2D eigenvalue weighted by atomic mass is 10.2. The zero-order chi connectivity index (χ0) is 13.4. The number of fused-ring (bicyclic) bond motifs is 1. The predicted octanol–water partition coefficient (Wildman–Crippen LogP) is 2.62. The zero-order valence-corrected chi connectivity index (χ0v) is 11.0. The summed E-state index contributed by atoms with van der Waals surface area (Å²) >= 11 is 0.982. The monoisotopic (exact) mass is 273 g/mol. The van der Waals surface area contributed by atoms with Gasteiger partial charge in [0.25, 0.3) is 11.1 Å². The Kier molecular flexibility index (Phi) is 2.87. The summed E-state index contributed by atoms with van der Waals surface area (Å²) in [6.45, 7) is 2.19. The van der Waals surface area contributed by atoms with Crippen LogP contribution in [0.15, 0.2) is 29.6 Å². The third kappa shape index (κ3) is 1.94. The van der Waals surface area contributed by atoms with Gasteiger partial charge in [0.15, 0.2) is 0 Å². The predicted molar refractivity (Wildman–Crippen MR) is 74.4 cm³/mol. The fourth-order valence-corrected chi connectivity index (χ4v) is 2.92. The Morgan fingerprint density at radius 1 is 1.47 bits per heavy atom. The van der Waals surface area contributed by atoms with E-state index in [1.54, 1.807) is 25.4 Å². The molecule has 1 N–H and O–H groups in total. The number of hydrogen-bond donors (Lipinski definition) is 1. The molecule has 1 fully saturated rings. The van der Waals surface area contributed by atoms with Crippen LogP contribution in [0.3, 0.4) is 0 Å². The Morgan fingerprint density at radius 3 is 3.05 bits per heavy atom. The first kappa shape index (κ1) is 12.0. The number of nitrogens with one attached hydrogen (secondary N) is 1. The lowest BCUT2D eigenvalue weighted by Crippen LogP contribution is -2.27. The number of likely N-dealkylation sites (N-methyl/N-ethyl adjacent to an activating group) is 1. The summed E-state index contributed by atoms with van der Waals surface area (Å²) in [5.74, 6) is -0.221. The van der Waals surface area contributed by atoms with Crippen molar-refractivity contribution in [3.8, 4) is 0 Å². The van der Waals surface area contributed by atoms with Gasteiger partial charge in [-0.05, 0) is 30.8 Å². The quantitative estimate of drug-likeness (QED) is 0.854. The number of pyridine rings is 1. The van der Waals surface area contributed by atoms with Crippen LogP contribution in [0.2, 0.25) is 0 Å². The molecule has 1 aliphatic rings. The highest BCUT2D eigenvalue weighted by Crippen LogP contribution is 2.33. The number of carbonyl (C=O) groups is 2. The molecule has 6 heteroatoms. The molecule has 2 aromatic rings. The van der Waals surface area contributed by atoms with Crippen LogP contribution in [0.5, 0.6) is 0 Å².